The summed E-state index contributed by atoms with van der Waals surface area (Å²) in [5, 5.41) is 13.4. The van der Waals surface area contributed by atoms with Crippen LogP contribution in [0.2, 0.25) is 0 Å². The fourth-order valence-electron chi connectivity index (χ4n) is 3.16. The molecular formula is C22H21N5O. The van der Waals surface area contributed by atoms with Gasteiger partial charge < -0.3 is 10.5 Å². The number of nitrogens with one attached hydrogen (secondary N) is 1. The molecule has 0 spiro atoms. The van der Waals surface area contributed by atoms with Gasteiger partial charge in [-0.1, -0.05) is 48.5 Å². The Bertz CT molecular complexity index is 1140. The van der Waals surface area contributed by atoms with Crippen LogP contribution in [0, 0.1) is 12.3 Å². The quantitative estimate of drug-likeness (QED) is 0.407. The van der Waals surface area contributed by atoms with E-state index in [1.165, 1.54) is 0 Å². The first-order chi connectivity index (χ1) is 13.5. The number of aromatic nitrogens is 3. The van der Waals surface area contributed by atoms with Gasteiger partial charge in [0.2, 0.25) is 5.88 Å². The van der Waals surface area contributed by atoms with E-state index in [1.807, 2.05) is 80.6 Å². The summed E-state index contributed by atoms with van der Waals surface area (Å²) in [5.74, 6) is 0.241. The lowest BCUT2D eigenvalue weighted by atomic mass is 10.1. The van der Waals surface area contributed by atoms with Crippen molar-refractivity contribution >= 4 is 16.9 Å². The predicted octanol–water partition coefficient (Wildman–Crippen LogP) is 4.15. The number of amidine groups is 1. The summed E-state index contributed by atoms with van der Waals surface area (Å²) in [4.78, 5) is 4.72. The number of pyridine rings is 1. The number of hydrogen-bond acceptors (Lipinski definition) is 4. The number of para-hydroxylation sites is 1. The van der Waals surface area contributed by atoms with E-state index in [4.69, 9.17) is 20.9 Å². The van der Waals surface area contributed by atoms with Gasteiger partial charge >= 0.3 is 0 Å². The third-order valence-electron chi connectivity index (χ3n) is 4.66. The summed E-state index contributed by atoms with van der Waals surface area (Å²) in [5.41, 5.74) is 9.70. The molecule has 0 amide bonds. The Labute approximate surface area is 163 Å². The van der Waals surface area contributed by atoms with Crippen LogP contribution in [-0.2, 0) is 0 Å². The van der Waals surface area contributed by atoms with Crippen molar-refractivity contribution in [2.45, 2.75) is 20.0 Å². The Morgan fingerprint density at radius 2 is 1.71 bits per heavy atom. The van der Waals surface area contributed by atoms with Crippen molar-refractivity contribution in [3.05, 3.63) is 83.6 Å². The second-order valence-electron chi connectivity index (χ2n) is 6.63. The monoisotopic (exact) mass is 371 g/mol. The number of nitrogens with zero attached hydrogens (tertiary/aromatic N) is 3. The first-order valence-electron chi connectivity index (χ1n) is 9.06. The second kappa shape index (κ2) is 7.15. The molecule has 0 saturated carbocycles. The van der Waals surface area contributed by atoms with Crippen LogP contribution in [0.5, 0.6) is 5.88 Å². The molecule has 28 heavy (non-hydrogen) atoms. The number of hydrogen-bond donors (Lipinski definition) is 2. The van der Waals surface area contributed by atoms with Gasteiger partial charge in [0.05, 0.1) is 16.9 Å². The lowest BCUT2D eigenvalue weighted by molar-refractivity contribution is 0.217. The van der Waals surface area contributed by atoms with E-state index in [0.29, 0.717) is 17.1 Å². The maximum absolute atomic E-state index is 7.97. The van der Waals surface area contributed by atoms with Gasteiger partial charge in [0.1, 0.15) is 11.9 Å². The Kier molecular flexibility index (Phi) is 4.53. The number of nitrogen functional groups attached to an aromatic ring is 1. The minimum absolute atomic E-state index is 0.0866. The highest BCUT2D eigenvalue weighted by Gasteiger charge is 2.19. The molecule has 140 valence electrons. The lowest BCUT2D eigenvalue weighted by Crippen LogP contribution is -2.15. The van der Waals surface area contributed by atoms with E-state index < -0.39 is 0 Å². The van der Waals surface area contributed by atoms with E-state index in [0.717, 1.165) is 22.3 Å². The molecule has 0 aliphatic rings. The fraction of sp³-hybridized carbons (Fsp3) is 0.136. The van der Waals surface area contributed by atoms with Gasteiger partial charge in [0, 0.05) is 5.39 Å². The molecule has 1 unspecified atom stereocenters. The van der Waals surface area contributed by atoms with Crippen molar-refractivity contribution in [3.63, 3.8) is 0 Å². The number of aryl methyl sites for hydroxylation is 1. The molecule has 0 saturated heterocycles. The van der Waals surface area contributed by atoms with Crippen molar-refractivity contribution in [3.8, 4) is 11.6 Å². The topological polar surface area (TPSA) is 89.8 Å². The third-order valence-corrected chi connectivity index (χ3v) is 4.66. The molecule has 2 aromatic heterocycles. The highest BCUT2D eigenvalue weighted by molar-refractivity contribution is 6.00. The summed E-state index contributed by atoms with van der Waals surface area (Å²) < 4.78 is 7.91. The maximum Gasteiger partial charge on any atom is 0.227 e. The minimum Gasteiger partial charge on any atom is -0.469 e. The molecule has 0 aliphatic carbocycles. The van der Waals surface area contributed by atoms with Gasteiger partial charge in [0.15, 0.2) is 5.65 Å². The second-order valence-corrected chi connectivity index (χ2v) is 6.63. The predicted molar refractivity (Wildman–Crippen MR) is 110 cm³/mol. The van der Waals surface area contributed by atoms with Crippen LogP contribution in [0.15, 0.2) is 66.7 Å². The van der Waals surface area contributed by atoms with E-state index in [9.17, 15) is 0 Å². The molecule has 4 rings (SSSR count). The Morgan fingerprint density at radius 1 is 1.07 bits per heavy atom. The highest BCUT2D eigenvalue weighted by Crippen LogP contribution is 2.29. The summed E-state index contributed by atoms with van der Waals surface area (Å²) in [7, 11) is 0. The minimum atomic E-state index is -0.238. The van der Waals surface area contributed by atoms with Crippen molar-refractivity contribution in [2.75, 3.05) is 0 Å². The van der Waals surface area contributed by atoms with E-state index in [-0.39, 0.29) is 11.9 Å². The lowest BCUT2D eigenvalue weighted by Gasteiger charge is -2.17. The fourth-order valence-corrected chi connectivity index (χ4v) is 3.16. The van der Waals surface area contributed by atoms with Crippen molar-refractivity contribution < 1.29 is 4.74 Å². The zero-order valence-electron chi connectivity index (χ0n) is 15.8. The first-order valence-corrected chi connectivity index (χ1v) is 9.06. The molecule has 0 fully saturated rings. The summed E-state index contributed by atoms with van der Waals surface area (Å²) in [6.07, 6.45) is -0.238. The van der Waals surface area contributed by atoms with Gasteiger partial charge in [-0.25, -0.2) is 4.68 Å². The molecular weight excluding hydrogens is 350 g/mol. The molecule has 6 nitrogen and oxygen atoms in total. The number of ether oxygens (including phenoxy) is 1. The average Bonchev–Trinajstić information content (AvgIpc) is 3.04. The standard InChI is InChI=1S/C22H21N5O/c1-14-18-13-19(20(23)24)22(28-15(2)16-9-5-3-6-10-16)25-21(18)27(26-14)17-11-7-4-8-12-17/h3-13,15H,1-2H3,(H3,23,24). The largest absolute Gasteiger partial charge is 0.469 e. The van der Waals surface area contributed by atoms with Crippen LogP contribution in [0.1, 0.15) is 29.8 Å². The molecule has 2 aromatic carbocycles. The molecule has 1 atom stereocenters. The van der Waals surface area contributed by atoms with Crippen LogP contribution < -0.4 is 10.5 Å². The number of rotatable bonds is 5. The maximum atomic E-state index is 7.97. The normalized spacial score (nSPS) is 12.1. The van der Waals surface area contributed by atoms with Crippen molar-refractivity contribution in [1.29, 1.82) is 5.41 Å². The van der Waals surface area contributed by atoms with Gasteiger partial charge in [0.25, 0.3) is 0 Å². The summed E-state index contributed by atoms with van der Waals surface area (Å²) >= 11 is 0. The molecule has 3 N–H and O–H groups in total. The smallest absolute Gasteiger partial charge is 0.227 e. The Morgan fingerprint density at radius 3 is 2.36 bits per heavy atom. The van der Waals surface area contributed by atoms with Gasteiger partial charge in [-0.05, 0) is 37.6 Å². The first kappa shape index (κ1) is 17.7. The summed E-state index contributed by atoms with van der Waals surface area (Å²) in [6.45, 7) is 3.87. The van der Waals surface area contributed by atoms with Gasteiger partial charge in [-0.3, -0.25) is 5.41 Å². The Hall–Kier alpha value is -3.67. The third kappa shape index (κ3) is 3.20. The van der Waals surface area contributed by atoms with Crippen LogP contribution in [0.25, 0.3) is 16.7 Å². The van der Waals surface area contributed by atoms with E-state index in [1.54, 1.807) is 4.68 Å². The zero-order chi connectivity index (χ0) is 19.7. The zero-order valence-corrected chi connectivity index (χ0v) is 15.8. The van der Waals surface area contributed by atoms with Crippen molar-refractivity contribution in [1.82, 2.24) is 14.8 Å². The van der Waals surface area contributed by atoms with E-state index >= 15 is 0 Å². The molecule has 4 aromatic rings. The molecule has 0 aliphatic heterocycles. The van der Waals surface area contributed by atoms with Crippen LogP contribution >= 0.6 is 0 Å². The SMILES string of the molecule is Cc1nn(-c2ccccc2)c2nc(OC(C)c3ccccc3)c(C(=N)N)cc12. The molecule has 6 heteroatoms. The molecule has 2 heterocycles. The number of nitrogens with two attached hydrogens (primary N) is 1. The highest BCUT2D eigenvalue weighted by atomic mass is 16.5. The average molecular weight is 371 g/mol. The number of benzene rings is 2. The van der Waals surface area contributed by atoms with Crippen molar-refractivity contribution in [2.24, 2.45) is 5.73 Å². The molecule has 0 radical (unpaired) electrons. The van der Waals surface area contributed by atoms with Gasteiger partial charge in [-0.15, -0.1) is 0 Å². The Balaban J connectivity index is 1.85. The van der Waals surface area contributed by atoms with Gasteiger partial charge in [-0.2, -0.15) is 10.1 Å². The van der Waals surface area contributed by atoms with Crippen LogP contribution in [0.4, 0.5) is 0 Å². The molecule has 0 bridgehead atoms. The number of fused-ring (bicyclic) bond motifs is 1. The van der Waals surface area contributed by atoms with E-state index in [2.05, 4.69) is 5.10 Å². The van der Waals surface area contributed by atoms with Crippen LogP contribution in [0.3, 0.4) is 0 Å². The summed E-state index contributed by atoms with van der Waals surface area (Å²) in [6, 6.07) is 21.5. The van der Waals surface area contributed by atoms with Crippen LogP contribution in [-0.4, -0.2) is 20.6 Å².